The number of para-hydroxylation sites is 1. The Hall–Kier alpha value is -1.60. The maximum absolute atomic E-state index is 12.7. The van der Waals surface area contributed by atoms with Gasteiger partial charge in [-0.1, -0.05) is 30.3 Å². The fourth-order valence-electron chi connectivity index (χ4n) is 3.25. The van der Waals surface area contributed by atoms with Crippen molar-refractivity contribution in [1.29, 1.82) is 0 Å². The Kier molecular flexibility index (Phi) is 6.91. The van der Waals surface area contributed by atoms with E-state index < -0.39 is 6.10 Å². The summed E-state index contributed by atoms with van der Waals surface area (Å²) in [6, 6.07) is 18.2. The Balaban J connectivity index is 1.53. The number of benzene rings is 2. The van der Waals surface area contributed by atoms with Crippen molar-refractivity contribution in [3.05, 3.63) is 63.7 Å². The second-order valence-electron chi connectivity index (χ2n) is 6.66. The zero-order chi connectivity index (χ0) is 18.4. The lowest BCUT2D eigenvalue weighted by molar-refractivity contribution is -0.137. The van der Waals surface area contributed by atoms with Gasteiger partial charge in [0, 0.05) is 36.3 Å². The standard InChI is InChI=1S/C21H25IN2O2/c1-17(26-20-9-3-2-4-10-20)21(25)24-12-6-11-23(13-14-24)16-18-7-5-8-19(22)15-18/h2-5,7-10,15,17H,6,11-14,16H2,1H3. The fourth-order valence-corrected chi connectivity index (χ4v) is 3.86. The smallest absolute Gasteiger partial charge is 0.263 e. The first-order valence-corrected chi connectivity index (χ1v) is 10.2. The van der Waals surface area contributed by atoms with Gasteiger partial charge < -0.3 is 9.64 Å². The van der Waals surface area contributed by atoms with Crippen LogP contribution in [0.25, 0.3) is 0 Å². The van der Waals surface area contributed by atoms with Gasteiger partial charge in [0.2, 0.25) is 0 Å². The van der Waals surface area contributed by atoms with Crippen LogP contribution in [0.15, 0.2) is 54.6 Å². The highest BCUT2D eigenvalue weighted by Gasteiger charge is 2.24. The van der Waals surface area contributed by atoms with Crippen molar-refractivity contribution in [2.75, 3.05) is 26.2 Å². The number of amides is 1. The fraction of sp³-hybridized carbons (Fsp3) is 0.381. The number of hydrogen-bond donors (Lipinski definition) is 0. The third-order valence-corrected chi connectivity index (χ3v) is 5.27. The van der Waals surface area contributed by atoms with Crippen LogP contribution >= 0.6 is 22.6 Å². The van der Waals surface area contributed by atoms with Crippen LogP contribution in [0.3, 0.4) is 0 Å². The van der Waals surface area contributed by atoms with Gasteiger partial charge in [0.1, 0.15) is 5.75 Å². The molecule has 4 nitrogen and oxygen atoms in total. The summed E-state index contributed by atoms with van der Waals surface area (Å²) in [4.78, 5) is 17.1. The first-order chi connectivity index (χ1) is 12.6. The van der Waals surface area contributed by atoms with E-state index in [-0.39, 0.29) is 5.91 Å². The highest BCUT2D eigenvalue weighted by molar-refractivity contribution is 14.1. The number of nitrogens with zero attached hydrogens (tertiary/aromatic N) is 2. The summed E-state index contributed by atoms with van der Waals surface area (Å²) in [7, 11) is 0. The second kappa shape index (κ2) is 9.37. The van der Waals surface area contributed by atoms with Crippen molar-refractivity contribution < 1.29 is 9.53 Å². The summed E-state index contributed by atoms with van der Waals surface area (Å²) in [5, 5.41) is 0. The molecule has 5 heteroatoms. The number of rotatable bonds is 5. The van der Waals surface area contributed by atoms with Gasteiger partial charge in [-0.2, -0.15) is 0 Å². The van der Waals surface area contributed by atoms with E-state index in [0.717, 1.165) is 44.9 Å². The normalized spacial score (nSPS) is 16.8. The number of hydrogen-bond acceptors (Lipinski definition) is 3. The van der Waals surface area contributed by atoms with E-state index in [1.807, 2.05) is 42.2 Å². The van der Waals surface area contributed by atoms with Gasteiger partial charge in [-0.25, -0.2) is 0 Å². The lowest BCUT2D eigenvalue weighted by atomic mass is 10.2. The van der Waals surface area contributed by atoms with Gasteiger partial charge in [0.15, 0.2) is 6.10 Å². The molecular formula is C21H25IN2O2. The van der Waals surface area contributed by atoms with Crippen molar-refractivity contribution in [1.82, 2.24) is 9.80 Å². The van der Waals surface area contributed by atoms with Crippen molar-refractivity contribution in [3.8, 4) is 5.75 Å². The molecule has 1 unspecified atom stereocenters. The molecule has 1 atom stereocenters. The predicted molar refractivity (Wildman–Crippen MR) is 112 cm³/mol. The van der Waals surface area contributed by atoms with Gasteiger partial charge in [-0.05, 0) is 65.8 Å². The molecule has 1 heterocycles. The molecule has 3 rings (SSSR count). The summed E-state index contributed by atoms with van der Waals surface area (Å²) in [6.07, 6.45) is 0.535. The van der Waals surface area contributed by atoms with Gasteiger partial charge in [0.25, 0.3) is 5.91 Å². The minimum absolute atomic E-state index is 0.0740. The molecule has 1 aliphatic rings. The Morgan fingerprint density at radius 3 is 2.65 bits per heavy atom. The Labute approximate surface area is 169 Å². The topological polar surface area (TPSA) is 32.8 Å². The predicted octanol–water partition coefficient (Wildman–Crippen LogP) is 3.79. The maximum atomic E-state index is 12.7. The van der Waals surface area contributed by atoms with Gasteiger partial charge in [-0.15, -0.1) is 0 Å². The van der Waals surface area contributed by atoms with Crippen LogP contribution in [0.4, 0.5) is 0 Å². The first kappa shape index (κ1) is 19.2. The molecule has 2 aromatic carbocycles. The van der Waals surface area contributed by atoms with E-state index in [2.05, 4.69) is 51.8 Å². The molecule has 0 aromatic heterocycles. The van der Waals surface area contributed by atoms with Crippen LogP contribution in [-0.2, 0) is 11.3 Å². The van der Waals surface area contributed by atoms with Gasteiger partial charge in [-0.3, -0.25) is 9.69 Å². The molecular weight excluding hydrogens is 439 g/mol. The first-order valence-electron chi connectivity index (χ1n) is 9.09. The average Bonchev–Trinajstić information content (AvgIpc) is 2.87. The van der Waals surface area contributed by atoms with Crippen LogP contribution in [0.2, 0.25) is 0 Å². The van der Waals surface area contributed by atoms with E-state index in [1.54, 1.807) is 0 Å². The lowest BCUT2D eigenvalue weighted by Gasteiger charge is -2.25. The summed E-state index contributed by atoms with van der Waals surface area (Å²) in [6.45, 7) is 6.24. The highest BCUT2D eigenvalue weighted by atomic mass is 127. The molecule has 0 bridgehead atoms. The summed E-state index contributed by atoms with van der Waals surface area (Å²) in [5.74, 6) is 0.813. The molecule has 26 heavy (non-hydrogen) atoms. The van der Waals surface area contributed by atoms with Crippen molar-refractivity contribution >= 4 is 28.5 Å². The molecule has 1 aliphatic heterocycles. The number of carbonyl (C=O) groups is 1. The van der Waals surface area contributed by atoms with Crippen LogP contribution < -0.4 is 4.74 Å². The zero-order valence-electron chi connectivity index (χ0n) is 15.1. The SMILES string of the molecule is CC(Oc1ccccc1)C(=O)N1CCCN(Cc2cccc(I)c2)CC1. The largest absolute Gasteiger partial charge is 0.481 e. The van der Waals surface area contributed by atoms with Gasteiger partial charge in [0.05, 0.1) is 0 Å². The van der Waals surface area contributed by atoms with Crippen molar-refractivity contribution in [3.63, 3.8) is 0 Å². The average molecular weight is 464 g/mol. The van der Waals surface area contributed by atoms with E-state index in [4.69, 9.17) is 4.74 Å². The zero-order valence-corrected chi connectivity index (χ0v) is 17.3. The van der Waals surface area contributed by atoms with Crippen molar-refractivity contribution in [2.24, 2.45) is 0 Å². The Morgan fingerprint density at radius 1 is 1.08 bits per heavy atom. The summed E-state index contributed by atoms with van der Waals surface area (Å²) in [5.41, 5.74) is 1.33. The van der Waals surface area contributed by atoms with E-state index in [9.17, 15) is 4.79 Å². The molecule has 0 N–H and O–H groups in total. The minimum Gasteiger partial charge on any atom is -0.481 e. The third kappa shape index (κ3) is 5.45. The Morgan fingerprint density at radius 2 is 1.88 bits per heavy atom. The van der Waals surface area contributed by atoms with Crippen molar-refractivity contribution in [2.45, 2.75) is 26.0 Å². The van der Waals surface area contributed by atoms with E-state index >= 15 is 0 Å². The molecule has 0 aliphatic carbocycles. The van der Waals surface area contributed by atoms with E-state index in [1.165, 1.54) is 9.13 Å². The summed E-state index contributed by atoms with van der Waals surface area (Å²) < 4.78 is 7.06. The molecule has 1 fully saturated rings. The summed E-state index contributed by atoms with van der Waals surface area (Å²) >= 11 is 2.35. The maximum Gasteiger partial charge on any atom is 0.263 e. The molecule has 0 spiro atoms. The molecule has 1 saturated heterocycles. The number of halogens is 1. The van der Waals surface area contributed by atoms with Crippen LogP contribution in [0, 0.1) is 3.57 Å². The van der Waals surface area contributed by atoms with Crippen LogP contribution in [0.1, 0.15) is 18.9 Å². The molecule has 0 saturated carbocycles. The third-order valence-electron chi connectivity index (χ3n) is 4.60. The van der Waals surface area contributed by atoms with Gasteiger partial charge >= 0.3 is 0 Å². The number of ether oxygens (including phenoxy) is 1. The second-order valence-corrected chi connectivity index (χ2v) is 7.90. The molecule has 2 aromatic rings. The minimum atomic E-state index is -0.459. The molecule has 0 radical (unpaired) electrons. The molecule has 1 amide bonds. The van der Waals surface area contributed by atoms with Crippen LogP contribution in [0.5, 0.6) is 5.75 Å². The van der Waals surface area contributed by atoms with E-state index in [0.29, 0.717) is 0 Å². The molecule has 138 valence electrons. The van der Waals surface area contributed by atoms with Crippen LogP contribution in [-0.4, -0.2) is 48.0 Å². The Bertz CT molecular complexity index is 723. The quantitative estimate of drug-likeness (QED) is 0.632. The monoisotopic (exact) mass is 464 g/mol. The number of carbonyl (C=O) groups excluding carboxylic acids is 1. The highest BCUT2D eigenvalue weighted by Crippen LogP contribution is 2.15. The lowest BCUT2D eigenvalue weighted by Crippen LogP contribution is -2.42.